The van der Waals surface area contributed by atoms with Crippen LogP contribution in [0.1, 0.15) is 52.9 Å². The summed E-state index contributed by atoms with van der Waals surface area (Å²) in [5.74, 6) is 1.92. The fourth-order valence-electron chi connectivity index (χ4n) is 2.41. The first kappa shape index (κ1) is 15.3. The van der Waals surface area contributed by atoms with Crippen LogP contribution in [0.25, 0.3) is 0 Å². The maximum atomic E-state index is 9.52. The van der Waals surface area contributed by atoms with Gasteiger partial charge in [0.05, 0.1) is 6.61 Å². The first-order chi connectivity index (χ1) is 8.09. The van der Waals surface area contributed by atoms with E-state index in [1.807, 2.05) is 0 Å². The number of hydrogen-bond acceptors (Lipinski definition) is 3. The quantitative estimate of drug-likeness (QED) is 0.737. The van der Waals surface area contributed by atoms with E-state index in [2.05, 4.69) is 37.8 Å². The third kappa shape index (κ3) is 5.62. The Bertz CT molecular complexity index is 212. The monoisotopic (exact) mass is 259 g/mol. The van der Waals surface area contributed by atoms with Crippen LogP contribution in [0.15, 0.2) is 0 Å². The van der Waals surface area contributed by atoms with Crippen LogP contribution in [0.4, 0.5) is 0 Å². The van der Waals surface area contributed by atoms with Crippen LogP contribution in [0.3, 0.4) is 0 Å². The number of aliphatic hydroxyl groups excluding tert-OH is 1. The topological polar surface area (TPSA) is 32.3 Å². The lowest BCUT2D eigenvalue weighted by atomic mass is 9.91. The van der Waals surface area contributed by atoms with E-state index in [-0.39, 0.29) is 12.1 Å². The standard InChI is InChI=1S/C14H29NOS/c1-4-8-15-14(3,10-16)11-17-13-7-5-6-12(2)9-13/h12-13,15-16H,4-11H2,1-3H3. The maximum Gasteiger partial charge on any atom is 0.0618 e. The van der Waals surface area contributed by atoms with Gasteiger partial charge in [-0.25, -0.2) is 0 Å². The molecule has 0 amide bonds. The van der Waals surface area contributed by atoms with Crippen LogP contribution < -0.4 is 5.32 Å². The SMILES string of the molecule is CCCNC(C)(CO)CSC1CCCC(C)C1. The van der Waals surface area contributed by atoms with Gasteiger partial charge in [-0.1, -0.05) is 26.7 Å². The predicted molar refractivity (Wildman–Crippen MR) is 77.7 cm³/mol. The molecule has 3 heteroatoms. The molecule has 0 spiro atoms. The van der Waals surface area contributed by atoms with Crippen LogP contribution in [0.5, 0.6) is 0 Å². The lowest BCUT2D eigenvalue weighted by molar-refractivity contribution is 0.192. The van der Waals surface area contributed by atoms with E-state index in [4.69, 9.17) is 0 Å². The molecule has 1 rings (SSSR count). The number of nitrogens with one attached hydrogen (secondary N) is 1. The van der Waals surface area contributed by atoms with Gasteiger partial charge in [-0.2, -0.15) is 11.8 Å². The first-order valence-electron chi connectivity index (χ1n) is 7.07. The highest BCUT2D eigenvalue weighted by molar-refractivity contribution is 8.00. The van der Waals surface area contributed by atoms with Gasteiger partial charge in [0.25, 0.3) is 0 Å². The van der Waals surface area contributed by atoms with Crippen molar-refractivity contribution in [2.75, 3.05) is 18.9 Å². The van der Waals surface area contributed by atoms with Gasteiger partial charge in [-0.05, 0) is 38.6 Å². The molecule has 2 nitrogen and oxygen atoms in total. The Kier molecular flexibility index (Phi) is 6.90. The zero-order chi connectivity index (χ0) is 12.7. The van der Waals surface area contributed by atoms with Gasteiger partial charge in [0.2, 0.25) is 0 Å². The third-order valence-corrected chi connectivity index (χ3v) is 5.38. The maximum absolute atomic E-state index is 9.52. The molecule has 1 fully saturated rings. The van der Waals surface area contributed by atoms with Crippen LogP contribution >= 0.6 is 11.8 Å². The Hall–Kier alpha value is 0.270. The van der Waals surface area contributed by atoms with Crippen molar-refractivity contribution in [1.82, 2.24) is 5.32 Å². The van der Waals surface area contributed by atoms with E-state index in [0.29, 0.717) is 0 Å². The molecule has 0 aromatic carbocycles. The van der Waals surface area contributed by atoms with Crippen molar-refractivity contribution >= 4 is 11.8 Å². The molecule has 1 aliphatic carbocycles. The zero-order valence-electron chi connectivity index (χ0n) is 11.7. The van der Waals surface area contributed by atoms with Gasteiger partial charge in [-0.15, -0.1) is 0 Å². The minimum Gasteiger partial charge on any atom is -0.394 e. The summed E-state index contributed by atoms with van der Waals surface area (Å²) in [4.78, 5) is 0. The van der Waals surface area contributed by atoms with Gasteiger partial charge in [0, 0.05) is 16.5 Å². The fraction of sp³-hybridized carbons (Fsp3) is 1.00. The Balaban J connectivity index is 2.30. The van der Waals surface area contributed by atoms with Gasteiger partial charge in [0.1, 0.15) is 0 Å². The highest BCUT2D eigenvalue weighted by Crippen LogP contribution is 2.33. The molecular weight excluding hydrogens is 230 g/mol. The summed E-state index contributed by atoms with van der Waals surface area (Å²) in [5.41, 5.74) is -0.0959. The lowest BCUT2D eigenvalue weighted by Crippen LogP contribution is -2.48. The molecule has 0 radical (unpaired) electrons. The summed E-state index contributed by atoms with van der Waals surface area (Å²) < 4.78 is 0. The van der Waals surface area contributed by atoms with Crippen LogP contribution in [0.2, 0.25) is 0 Å². The zero-order valence-corrected chi connectivity index (χ0v) is 12.5. The molecule has 2 N–H and O–H groups in total. The highest BCUT2D eigenvalue weighted by Gasteiger charge is 2.26. The van der Waals surface area contributed by atoms with Gasteiger partial charge >= 0.3 is 0 Å². The smallest absolute Gasteiger partial charge is 0.0618 e. The molecule has 17 heavy (non-hydrogen) atoms. The summed E-state index contributed by atoms with van der Waals surface area (Å²) in [6, 6.07) is 0. The molecule has 0 aromatic rings. The predicted octanol–water partition coefficient (Wildman–Crippen LogP) is 3.05. The molecule has 0 bridgehead atoms. The molecule has 0 saturated heterocycles. The number of hydrogen-bond donors (Lipinski definition) is 2. The first-order valence-corrected chi connectivity index (χ1v) is 8.12. The number of thioether (sulfide) groups is 1. The molecule has 0 aromatic heterocycles. The van der Waals surface area contributed by atoms with Crippen molar-refractivity contribution < 1.29 is 5.11 Å². The van der Waals surface area contributed by atoms with Crippen molar-refractivity contribution in [2.45, 2.75) is 63.7 Å². The molecule has 1 saturated carbocycles. The average Bonchev–Trinajstić information content (AvgIpc) is 2.34. The highest BCUT2D eigenvalue weighted by atomic mass is 32.2. The summed E-state index contributed by atoms with van der Waals surface area (Å²) in [6.07, 6.45) is 6.64. The van der Waals surface area contributed by atoms with Crippen LogP contribution in [0, 0.1) is 5.92 Å². The summed E-state index contributed by atoms with van der Waals surface area (Å²) >= 11 is 2.06. The van der Waals surface area contributed by atoms with Gasteiger partial charge in [0.15, 0.2) is 0 Å². The van der Waals surface area contributed by atoms with E-state index in [0.717, 1.165) is 29.9 Å². The summed E-state index contributed by atoms with van der Waals surface area (Å²) in [5, 5.41) is 13.8. The molecule has 3 atom stereocenters. The summed E-state index contributed by atoms with van der Waals surface area (Å²) in [6.45, 7) is 7.91. The van der Waals surface area contributed by atoms with E-state index in [1.165, 1.54) is 25.7 Å². The second-order valence-corrected chi connectivity index (χ2v) is 7.14. The van der Waals surface area contributed by atoms with E-state index in [9.17, 15) is 5.11 Å². The van der Waals surface area contributed by atoms with E-state index in [1.54, 1.807) is 0 Å². The van der Waals surface area contributed by atoms with Crippen molar-refractivity contribution in [1.29, 1.82) is 0 Å². The molecule has 0 aliphatic heterocycles. The molecular formula is C14H29NOS. The Morgan fingerprint density at radius 3 is 2.76 bits per heavy atom. The normalized spacial score (nSPS) is 28.9. The lowest BCUT2D eigenvalue weighted by Gasteiger charge is -2.32. The number of aliphatic hydroxyl groups is 1. The molecule has 0 heterocycles. The fourth-order valence-corrected chi connectivity index (χ4v) is 4.01. The molecule has 1 aliphatic rings. The minimum atomic E-state index is -0.0959. The number of rotatable bonds is 7. The van der Waals surface area contributed by atoms with Crippen molar-refractivity contribution in [3.05, 3.63) is 0 Å². The summed E-state index contributed by atoms with van der Waals surface area (Å²) in [7, 11) is 0. The van der Waals surface area contributed by atoms with E-state index >= 15 is 0 Å². The third-order valence-electron chi connectivity index (χ3n) is 3.68. The average molecular weight is 259 g/mol. The second kappa shape index (κ2) is 7.65. The van der Waals surface area contributed by atoms with Gasteiger partial charge in [-0.3, -0.25) is 0 Å². The van der Waals surface area contributed by atoms with Crippen LogP contribution in [-0.2, 0) is 0 Å². The largest absolute Gasteiger partial charge is 0.394 e. The van der Waals surface area contributed by atoms with E-state index < -0.39 is 0 Å². The van der Waals surface area contributed by atoms with Crippen molar-refractivity contribution in [3.8, 4) is 0 Å². The molecule has 102 valence electrons. The Morgan fingerprint density at radius 2 is 2.18 bits per heavy atom. The Labute approximate surface area is 111 Å². The van der Waals surface area contributed by atoms with Gasteiger partial charge < -0.3 is 10.4 Å². The molecule has 3 unspecified atom stereocenters. The van der Waals surface area contributed by atoms with Crippen molar-refractivity contribution in [3.63, 3.8) is 0 Å². The van der Waals surface area contributed by atoms with Crippen LogP contribution in [-0.4, -0.2) is 34.8 Å². The van der Waals surface area contributed by atoms with Crippen molar-refractivity contribution in [2.24, 2.45) is 5.92 Å². The second-order valence-electron chi connectivity index (χ2n) is 5.85. The Morgan fingerprint density at radius 1 is 1.41 bits per heavy atom. The minimum absolute atomic E-state index is 0.0959.